The van der Waals surface area contributed by atoms with Gasteiger partial charge in [-0.1, -0.05) is 24.9 Å². The van der Waals surface area contributed by atoms with E-state index in [9.17, 15) is 0 Å². The largest absolute Gasteiger partial charge is 0.381 e. The van der Waals surface area contributed by atoms with Gasteiger partial charge in [0.05, 0.1) is 11.3 Å². The third-order valence-electron chi connectivity index (χ3n) is 3.89. The van der Waals surface area contributed by atoms with Gasteiger partial charge in [0.1, 0.15) is 6.07 Å². The number of benzene rings is 1. The Morgan fingerprint density at radius 3 is 2.67 bits per heavy atom. The van der Waals surface area contributed by atoms with E-state index in [0.717, 1.165) is 11.6 Å². The minimum Gasteiger partial charge on any atom is -0.381 e. The van der Waals surface area contributed by atoms with Crippen molar-refractivity contribution in [3.63, 3.8) is 0 Å². The second kappa shape index (κ2) is 6.11. The number of rotatable bonds is 3. The molecule has 0 aromatic heterocycles. The average Bonchev–Trinajstić information content (AvgIpc) is 2.40. The van der Waals surface area contributed by atoms with Crippen LogP contribution in [0.2, 0.25) is 5.02 Å². The molecule has 0 aliphatic heterocycles. The number of anilines is 1. The van der Waals surface area contributed by atoms with Crippen molar-refractivity contribution in [3.05, 3.63) is 28.8 Å². The average molecular weight is 263 g/mol. The fourth-order valence-corrected chi connectivity index (χ4v) is 2.84. The van der Waals surface area contributed by atoms with E-state index >= 15 is 0 Å². The van der Waals surface area contributed by atoms with Crippen molar-refractivity contribution < 1.29 is 0 Å². The Bertz CT molecular complexity index is 442. The van der Waals surface area contributed by atoms with E-state index < -0.39 is 0 Å². The fourth-order valence-electron chi connectivity index (χ4n) is 2.67. The molecular formula is C15H19ClN2. The van der Waals surface area contributed by atoms with Gasteiger partial charge in [0.15, 0.2) is 0 Å². The highest BCUT2D eigenvalue weighted by Crippen LogP contribution is 2.30. The molecular weight excluding hydrogens is 244 g/mol. The molecule has 0 saturated heterocycles. The summed E-state index contributed by atoms with van der Waals surface area (Å²) < 4.78 is 0. The molecule has 1 fully saturated rings. The molecule has 3 heteroatoms. The standard InChI is InChI=1S/C15H19ClN2/c1-2-11-3-7-14(8-4-11)18-15-9-13(16)6-5-12(15)10-17/h5-6,9,11,14,18H,2-4,7-8H2,1H3. The number of hydrogen-bond donors (Lipinski definition) is 1. The molecule has 0 unspecified atom stereocenters. The summed E-state index contributed by atoms with van der Waals surface area (Å²) in [6, 6.07) is 8.09. The number of nitrogens with one attached hydrogen (secondary N) is 1. The Morgan fingerprint density at radius 2 is 2.06 bits per heavy atom. The van der Waals surface area contributed by atoms with Gasteiger partial charge in [0, 0.05) is 11.1 Å². The smallest absolute Gasteiger partial charge is 0.101 e. The summed E-state index contributed by atoms with van der Waals surface area (Å²) in [5, 5.41) is 13.2. The second-order valence-electron chi connectivity index (χ2n) is 5.07. The quantitative estimate of drug-likeness (QED) is 0.865. The molecule has 1 aliphatic rings. The van der Waals surface area contributed by atoms with Crippen molar-refractivity contribution >= 4 is 17.3 Å². The van der Waals surface area contributed by atoms with E-state index in [4.69, 9.17) is 16.9 Å². The van der Waals surface area contributed by atoms with Crippen LogP contribution in [0.25, 0.3) is 0 Å². The van der Waals surface area contributed by atoms with Crippen LogP contribution in [0.5, 0.6) is 0 Å². The van der Waals surface area contributed by atoms with Gasteiger partial charge in [-0.2, -0.15) is 5.26 Å². The van der Waals surface area contributed by atoms with Crippen LogP contribution in [0, 0.1) is 17.2 Å². The maximum atomic E-state index is 9.09. The highest BCUT2D eigenvalue weighted by Gasteiger charge is 2.20. The molecule has 0 radical (unpaired) electrons. The maximum absolute atomic E-state index is 9.09. The summed E-state index contributed by atoms with van der Waals surface area (Å²) in [7, 11) is 0. The summed E-state index contributed by atoms with van der Waals surface area (Å²) in [6.45, 7) is 2.27. The molecule has 1 aromatic rings. The number of nitriles is 1. The first-order valence-corrected chi connectivity index (χ1v) is 7.07. The third-order valence-corrected chi connectivity index (χ3v) is 4.12. The normalized spacial score (nSPS) is 23.4. The molecule has 0 spiro atoms. The molecule has 1 aromatic carbocycles. The minimum absolute atomic E-state index is 0.485. The van der Waals surface area contributed by atoms with Crippen molar-refractivity contribution in [2.24, 2.45) is 5.92 Å². The van der Waals surface area contributed by atoms with E-state index in [0.29, 0.717) is 16.6 Å². The van der Waals surface area contributed by atoms with Crippen LogP contribution < -0.4 is 5.32 Å². The van der Waals surface area contributed by atoms with Gasteiger partial charge in [-0.05, 0) is 49.8 Å². The van der Waals surface area contributed by atoms with E-state index in [1.807, 2.05) is 6.07 Å². The Balaban J connectivity index is 2.02. The monoisotopic (exact) mass is 262 g/mol. The summed E-state index contributed by atoms with van der Waals surface area (Å²) in [5.41, 5.74) is 1.56. The lowest BCUT2D eigenvalue weighted by atomic mass is 9.84. The molecule has 0 amide bonds. The van der Waals surface area contributed by atoms with E-state index in [1.54, 1.807) is 12.1 Å². The number of hydrogen-bond acceptors (Lipinski definition) is 2. The number of halogens is 1. The van der Waals surface area contributed by atoms with Crippen LogP contribution in [-0.2, 0) is 0 Å². The van der Waals surface area contributed by atoms with Crippen LogP contribution in [0.3, 0.4) is 0 Å². The zero-order valence-corrected chi connectivity index (χ0v) is 11.5. The summed E-state index contributed by atoms with van der Waals surface area (Å²) >= 11 is 5.99. The van der Waals surface area contributed by atoms with Crippen molar-refractivity contribution in [1.29, 1.82) is 5.26 Å². The molecule has 0 bridgehead atoms. The lowest BCUT2D eigenvalue weighted by Gasteiger charge is -2.29. The van der Waals surface area contributed by atoms with E-state index in [2.05, 4.69) is 18.3 Å². The lowest BCUT2D eigenvalue weighted by molar-refractivity contribution is 0.330. The third kappa shape index (κ3) is 3.17. The Morgan fingerprint density at radius 1 is 1.33 bits per heavy atom. The van der Waals surface area contributed by atoms with Crippen molar-refractivity contribution in [1.82, 2.24) is 0 Å². The van der Waals surface area contributed by atoms with Gasteiger partial charge >= 0.3 is 0 Å². The molecule has 2 rings (SSSR count). The lowest BCUT2D eigenvalue weighted by Crippen LogP contribution is -2.26. The first-order chi connectivity index (χ1) is 8.72. The van der Waals surface area contributed by atoms with Crippen LogP contribution >= 0.6 is 11.6 Å². The van der Waals surface area contributed by atoms with E-state index in [-0.39, 0.29) is 0 Å². The summed E-state index contributed by atoms with van der Waals surface area (Å²) in [6.07, 6.45) is 6.24. The van der Waals surface area contributed by atoms with Crippen LogP contribution in [-0.4, -0.2) is 6.04 Å². The molecule has 1 N–H and O–H groups in total. The first-order valence-electron chi connectivity index (χ1n) is 6.69. The summed E-state index contributed by atoms with van der Waals surface area (Å²) in [4.78, 5) is 0. The topological polar surface area (TPSA) is 35.8 Å². The first kappa shape index (κ1) is 13.2. The molecule has 96 valence electrons. The van der Waals surface area contributed by atoms with Crippen molar-refractivity contribution in [2.75, 3.05) is 5.32 Å². The highest BCUT2D eigenvalue weighted by atomic mass is 35.5. The minimum atomic E-state index is 0.485. The molecule has 2 nitrogen and oxygen atoms in total. The van der Waals surface area contributed by atoms with Crippen LogP contribution in [0.1, 0.15) is 44.6 Å². The number of nitrogens with zero attached hydrogens (tertiary/aromatic N) is 1. The maximum Gasteiger partial charge on any atom is 0.101 e. The van der Waals surface area contributed by atoms with Crippen molar-refractivity contribution in [3.8, 4) is 6.07 Å². The molecule has 1 aliphatic carbocycles. The molecule has 1 saturated carbocycles. The highest BCUT2D eigenvalue weighted by molar-refractivity contribution is 6.30. The Kier molecular flexibility index (Phi) is 4.49. The van der Waals surface area contributed by atoms with Gasteiger partial charge in [0.25, 0.3) is 0 Å². The van der Waals surface area contributed by atoms with Gasteiger partial charge < -0.3 is 5.32 Å². The Hall–Kier alpha value is -1.20. The van der Waals surface area contributed by atoms with Gasteiger partial charge in [-0.3, -0.25) is 0 Å². The summed E-state index contributed by atoms with van der Waals surface area (Å²) in [5.74, 6) is 0.887. The predicted molar refractivity (Wildman–Crippen MR) is 75.8 cm³/mol. The molecule has 18 heavy (non-hydrogen) atoms. The Labute approximate surface area is 114 Å². The molecule has 0 heterocycles. The SMILES string of the molecule is CCC1CCC(Nc2cc(Cl)ccc2C#N)CC1. The zero-order chi connectivity index (χ0) is 13.0. The molecule has 0 atom stereocenters. The van der Waals surface area contributed by atoms with Gasteiger partial charge in [0.2, 0.25) is 0 Å². The second-order valence-corrected chi connectivity index (χ2v) is 5.51. The zero-order valence-electron chi connectivity index (χ0n) is 10.7. The van der Waals surface area contributed by atoms with E-state index in [1.165, 1.54) is 32.1 Å². The van der Waals surface area contributed by atoms with Crippen molar-refractivity contribution in [2.45, 2.75) is 45.1 Å². The fraction of sp³-hybridized carbons (Fsp3) is 0.533. The van der Waals surface area contributed by atoms with Gasteiger partial charge in [-0.15, -0.1) is 0 Å². The predicted octanol–water partition coefficient (Wildman–Crippen LogP) is 4.59. The van der Waals surface area contributed by atoms with Gasteiger partial charge in [-0.25, -0.2) is 0 Å². The van der Waals surface area contributed by atoms with Crippen LogP contribution in [0.4, 0.5) is 5.69 Å². The van der Waals surface area contributed by atoms with Crippen LogP contribution in [0.15, 0.2) is 18.2 Å².